The molecule has 0 aromatic heterocycles. The molecule has 0 amide bonds. The van der Waals surface area contributed by atoms with Gasteiger partial charge in [0.25, 0.3) is 0 Å². The average molecular weight is 370 g/mol. The summed E-state index contributed by atoms with van der Waals surface area (Å²) in [5.41, 5.74) is 1.75. The minimum atomic E-state index is 0.00745. The van der Waals surface area contributed by atoms with Crippen LogP contribution in [0, 0.1) is 23.2 Å². The highest BCUT2D eigenvalue weighted by Gasteiger charge is 2.64. The lowest BCUT2D eigenvalue weighted by atomic mass is 9.53. The molecule has 4 heteroatoms. The molecule has 2 aliphatic carbocycles. The van der Waals surface area contributed by atoms with Crippen molar-refractivity contribution < 1.29 is 14.3 Å². The van der Waals surface area contributed by atoms with Gasteiger partial charge in [0.2, 0.25) is 0 Å². The molecule has 1 spiro atoms. The van der Waals surface area contributed by atoms with Gasteiger partial charge in [-0.05, 0) is 62.0 Å². The number of rotatable bonds is 5. The van der Waals surface area contributed by atoms with Crippen molar-refractivity contribution in [2.45, 2.75) is 57.2 Å². The van der Waals surface area contributed by atoms with E-state index in [0.717, 1.165) is 39.0 Å². The Kier molecular flexibility index (Phi) is 4.32. The van der Waals surface area contributed by atoms with Gasteiger partial charge in [-0.1, -0.05) is 37.3 Å². The summed E-state index contributed by atoms with van der Waals surface area (Å²) in [5.74, 6) is 0.985. The van der Waals surface area contributed by atoms with E-state index in [2.05, 4.69) is 36.5 Å². The molecular formula is C23H31NO3. The molecule has 146 valence electrons. The number of ether oxygens (including phenoxy) is 2. The van der Waals surface area contributed by atoms with E-state index in [1.165, 1.54) is 24.8 Å². The minimum absolute atomic E-state index is 0.00745. The van der Waals surface area contributed by atoms with Crippen molar-refractivity contribution in [3.63, 3.8) is 0 Å². The van der Waals surface area contributed by atoms with Crippen LogP contribution >= 0.6 is 0 Å². The van der Waals surface area contributed by atoms with Crippen LogP contribution in [0.2, 0.25) is 0 Å². The van der Waals surface area contributed by atoms with Crippen LogP contribution in [0.15, 0.2) is 30.3 Å². The number of esters is 1. The van der Waals surface area contributed by atoms with Crippen molar-refractivity contribution in [3.8, 4) is 0 Å². The maximum atomic E-state index is 12.6. The molecule has 2 aliphatic heterocycles. The fourth-order valence-electron chi connectivity index (χ4n) is 6.33. The topological polar surface area (TPSA) is 50.9 Å². The molecule has 2 heterocycles. The first-order chi connectivity index (χ1) is 13.1. The number of epoxide rings is 1. The first-order valence-electron chi connectivity index (χ1n) is 10.7. The predicted molar refractivity (Wildman–Crippen MR) is 103 cm³/mol. The van der Waals surface area contributed by atoms with E-state index in [1.54, 1.807) is 0 Å². The van der Waals surface area contributed by atoms with Gasteiger partial charge < -0.3 is 14.8 Å². The normalized spacial score (nSPS) is 42.5. The Morgan fingerprint density at radius 3 is 2.81 bits per heavy atom. The van der Waals surface area contributed by atoms with Gasteiger partial charge in [-0.25, -0.2) is 0 Å². The second kappa shape index (κ2) is 6.59. The maximum absolute atomic E-state index is 12.6. The summed E-state index contributed by atoms with van der Waals surface area (Å²) in [7, 11) is 0. The van der Waals surface area contributed by atoms with E-state index < -0.39 is 0 Å². The summed E-state index contributed by atoms with van der Waals surface area (Å²) < 4.78 is 11.9. The van der Waals surface area contributed by atoms with E-state index >= 15 is 0 Å². The summed E-state index contributed by atoms with van der Waals surface area (Å²) >= 11 is 0. The molecule has 6 unspecified atom stereocenters. The van der Waals surface area contributed by atoms with Crippen molar-refractivity contribution in [1.29, 1.82) is 0 Å². The SMILES string of the molecule is CC12CCCC3(CO3)C1CC1C(C2)OC(=O)C1CNCCc1ccccc1. The summed E-state index contributed by atoms with van der Waals surface area (Å²) in [4.78, 5) is 12.6. The van der Waals surface area contributed by atoms with Crippen LogP contribution in [-0.2, 0) is 20.7 Å². The lowest BCUT2D eigenvalue weighted by Crippen LogP contribution is -2.51. The van der Waals surface area contributed by atoms with Crippen LogP contribution in [-0.4, -0.2) is 37.4 Å². The van der Waals surface area contributed by atoms with E-state index in [0.29, 0.717) is 11.8 Å². The second-order valence-electron chi connectivity index (χ2n) is 9.54. The number of carbonyl (C=O) groups excluding carboxylic acids is 1. The quantitative estimate of drug-likeness (QED) is 0.491. The van der Waals surface area contributed by atoms with Gasteiger partial charge in [0.15, 0.2) is 0 Å². The zero-order valence-corrected chi connectivity index (χ0v) is 16.3. The first kappa shape index (κ1) is 17.7. The van der Waals surface area contributed by atoms with Gasteiger partial charge in [0.05, 0.1) is 18.1 Å². The Morgan fingerprint density at radius 1 is 1.22 bits per heavy atom. The van der Waals surface area contributed by atoms with E-state index in [-0.39, 0.29) is 29.0 Å². The second-order valence-corrected chi connectivity index (χ2v) is 9.54. The van der Waals surface area contributed by atoms with Crippen LogP contribution in [0.4, 0.5) is 0 Å². The highest BCUT2D eigenvalue weighted by molar-refractivity contribution is 5.75. The van der Waals surface area contributed by atoms with Crippen molar-refractivity contribution in [3.05, 3.63) is 35.9 Å². The van der Waals surface area contributed by atoms with Gasteiger partial charge in [-0.3, -0.25) is 4.79 Å². The molecule has 4 aliphatic rings. The fraction of sp³-hybridized carbons (Fsp3) is 0.696. The highest BCUT2D eigenvalue weighted by atomic mass is 16.6. The Bertz CT molecular complexity index is 701. The third kappa shape index (κ3) is 3.11. The average Bonchev–Trinajstić information content (AvgIpc) is 3.36. The number of benzene rings is 1. The number of fused-ring (bicyclic) bond motifs is 3. The first-order valence-corrected chi connectivity index (χ1v) is 10.7. The van der Waals surface area contributed by atoms with E-state index in [1.807, 2.05) is 6.07 Å². The third-order valence-electron chi connectivity index (χ3n) is 7.88. The zero-order valence-electron chi connectivity index (χ0n) is 16.3. The zero-order chi connectivity index (χ0) is 18.5. The molecule has 2 saturated carbocycles. The molecule has 6 atom stereocenters. The van der Waals surface area contributed by atoms with Gasteiger partial charge in [-0.2, -0.15) is 0 Å². The Morgan fingerprint density at radius 2 is 2.04 bits per heavy atom. The van der Waals surface area contributed by atoms with Gasteiger partial charge >= 0.3 is 5.97 Å². The summed E-state index contributed by atoms with van der Waals surface area (Å²) in [5, 5.41) is 3.53. The fourth-order valence-corrected chi connectivity index (χ4v) is 6.33. The predicted octanol–water partition coefficient (Wildman–Crippen LogP) is 3.35. The largest absolute Gasteiger partial charge is 0.462 e. The van der Waals surface area contributed by atoms with Gasteiger partial charge in [-0.15, -0.1) is 0 Å². The molecule has 0 bridgehead atoms. The van der Waals surface area contributed by atoms with Crippen LogP contribution in [0.5, 0.6) is 0 Å². The number of nitrogens with one attached hydrogen (secondary N) is 1. The molecule has 27 heavy (non-hydrogen) atoms. The summed E-state index contributed by atoms with van der Waals surface area (Å²) in [6, 6.07) is 10.5. The van der Waals surface area contributed by atoms with Crippen molar-refractivity contribution >= 4 is 5.97 Å². The number of hydrogen-bond acceptors (Lipinski definition) is 4. The van der Waals surface area contributed by atoms with Gasteiger partial charge in [0.1, 0.15) is 6.10 Å². The lowest BCUT2D eigenvalue weighted by molar-refractivity contribution is -0.147. The van der Waals surface area contributed by atoms with Crippen molar-refractivity contribution in [1.82, 2.24) is 5.32 Å². The minimum Gasteiger partial charge on any atom is -0.462 e. The molecule has 4 fully saturated rings. The summed E-state index contributed by atoms with van der Waals surface area (Å²) in [6.45, 7) is 4.98. The van der Waals surface area contributed by atoms with Crippen LogP contribution in [0.1, 0.15) is 44.6 Å². The smallest absolute Gasteiger partial charge is 0.310 e. The molecule has 5 rings (SSSR count). The molecule has 1 aromatic rings. The van der Waals surface area contributed by atoms with E-state index in [4.69, 9.17) is 9.47 Å². The van der Waals surface area contributed by atoms with E-state index in [9.17, 15) is 4.79 Å². The van der Waals surface area contributed by atoms with Crippen LogP contribution < -0.4 is 5.32 Å². The standard InChI is InChI=1S/C23H31NO3/c1-22-9-5-10-23(15-26-23)20(22)12-17-18(21(25)27-19(17)13-22)14-24-11-8-16-6-3-2-4-7-16/h2-4,6-7,17-20,24H,5,8-15H2,1H3. The number of carbonyl (C=O) groups is 1. The molecular weight excluding hydrogens is 338 g/mol. The Balaban J connectivity index is 1.22. The molecule has 4 nitrogen and oxygen atoms in total. The lowest BCUT2D eigenvalue weighted by Gasteiger charge is -2.51. The monoisotopic (exact) mass is 369 g/mol. The van der Waals surface area contributed by atoms with Crippen LogP contribution in [0.3, 0.4) is 0 Å². The summed E-state index contributed by atoms with van der Waals surface area (Å²) in [6.07, 6.45) is 6.95. The molecule has 1 aromatic carbocycles. The molecule has 2 saturated heterocycles. The maximum Gasteiger partial charge on any atom is 0.310 e. The third-order valence-corrected chi connectivity index (χ3v) is 7.88. The van der Waals surface area contributed by atoms with Crippen LogP contribution in [0.25, 0.3) is 0 Å². The van der Waals surface area contributed by atoms with Crippen molar-refractivity contribution in [2.24, 2.45) is 23.2 Å². The molecule has 0 radical (unpaired) electrons. The van der Waals surface area contributed by atoms with Crippen molar-refractivity contribution in [2.75, 3.05) is 19.7 Å². The highest BCUT2D eigenvalue weighted by Crippen LogP contribution is 2.62. The Labute approximate surface area is 162 Å². The van der Waals surface area contributed by atoms with Gasteiger partial charge in [0, 0.05) is 12.5 Å². The number of hydrogen-bond donors (Lipinski definition) is 1. The molecule has 1 N–H and O–H groups in total. The Hall–Kier alpha value is -1.39.